The Balaban J connectivity index is 1.72. The highest BCUT2D eigenvalue weighted by molar-refractivity contribution is 6.04. The van der Waals surface area contributed by atoms with E-state index in [1.807, 2.05) is 0 Å². The summed E-state index contributed by atoms with van der Waals surface area (Å²) in [5.41, 5.74) is 2.25. The van der Waals surface area contributed by atoms with Crippen molar-refractivity contribution in [1.82, 2.24) is 9.97 Å². The van der Waals surface area contributed by atoms with Gasteiger partial charge in [-0.1, -0.05) is 12.1 Å². The summed E-state index contributed by atoms with van der Waals surface area (Å²) in [5.74, 6) is -0.537. The summed E-state index contributed by atoms with van der Waals surface area (Å²) in [6.45, 7) is 1.46. The first-order valence-corrected chi connectivity index (χ1v) is 8.66. The van der Waals surface area contributed by atoms with E-state index in [1.165, 1.54) is 26.4 Å². The van der Waals surface area contributed by atoms with Crippen LogP contribution in [0.5, 0.6) is 0 Å². The minimum absolute atomic E-state index is 0.0900. The smallest absolute Gasteiger partial charge is 0.337 e. The number of nitrogens with one attached hydrogen (secondary N) is 2. The summed E-state index contributed by atoms with van der Waals surface area (Å²) in [7, 11) is 1.32. The molecule has 0 fully saturated rings. The van der Waals surface area contributed by atoms with Crippen LogP contribution in [0.15, 0.2) is 60.9 Å². The summed E-state index contributed by atoms with van der Waals surface area (Å²) in [5, 5.41) is 5.75. The Bertz CT molecular complexity index is 1060. The van der Waals surface area contributed by atoms with Crippen LogP contribution in [0.3, 0.4) is 0 Å². The largest absolute Gasteiger partial charge is 0.465 e. The highest BCUT2D eigenvalue weighted by Gasteiger charge is 2.11. The van der Waals surface area contributed by atoms with Crippen molar-refractivity contribution in [2.24, 2.45) is 0 Å². The van der Waals surface area contributed by atoms with E-state index in [0.29, 0.717) is 28.3 Å². The number of methoxy groups -OCH3 is 1. The number of ether oxygens (including phenoxy) is 1. The summed E-state index contributed by atoms with van der Waals surface area (Å²) < 4.78 is 4.66. The molecule has 0 aliphatic carbocycles. The lowest BCUT2D eigenvalue weighted by molar-refractivity contribution is 0.0600. The van der Waals surface area contributed by atoms with Crippen molar-refractivity contribution < 1.29 is 19.1 Å². The third-order valence-corrected chi connectivity index (χ3v) is 4.01. The van der Waals surface area contributed by atoms with Gasteiger partial charge in [-0.25, -0.2) is 14.8 Å². The van der Waals surface area contributed by atoms with E-state index in [2.05, 4.69) is 25.3 Å². The number of esters is 1. The molecule has 0 spiro atoms. The van der Waals surface area contributed by atoms with E-state index in [-0.39, 0.29) is 11.5 Å². The Kier molecular flexibility index (Phi) is 5.94. The SMILES string of the molecule is COC(=O)c1ccc(Nc2cc(C(=O)Nc3cccc(C(C)=O)c3)ncn2)cc1. The first kappa shape index (κ1) is 19.7. The third kappa shape index (κ3) is 5.01. The standard InChI is InChI=1S/C21H18N4O4/c1-13(26)15-4-3-5-17(10-15)25-20(27)18-11-19(23-12-22-18)24-16-8-6-14(7-9-16)21(28)29-2/h3-12H,1-2H3,(H,25,27)(H,22,23,24). The molecular weight excluding hydrogens is 372 g/mol. The van der Waals surface area contributed by atoms with Gasteiger partial charge in [-0.3, -0.25) is 9.59 Å². The van der Waals surface area contributed by atoms with Crippen LogP contribution in [-0.4, -0.2) is 34.7 Å². The number of hydrogen-bond donors (Lipinski definition) is 2. The average Bonchev–Trinajstić information content (AvgIpc) is 2.74. The van der Waals surface area contributed by atoms with Gasteiger partial charge in [0.2, 0.25) is 0 Å². The molecule has 2 aromatic carbocycles. The highest BCUT2D eigenvalue weighted by atomic mass is 16.5. The van der Waals surface area contributed by atoms with E-state index >= 15 is 0 Å². The summed E-state index contributed by atoms with van der Waals surface area (Å²) in [4.78, 5) is 43.5. The first-order valence-electron chi connectivity index (χ1n) is 8.66. The van der Waals surface area contributed by atoms with Crippen molar-refractivity contribution in [3.63, 3.8) is 0 Å². The molecule has 8 nitrogen and oxygen atoms in total. The molecule has 146 valence electrons. The van der Waals surface area contributed by atoms with Gasteiger partial charge >= 0.3 is 5.97 Å². The van der Waals surface area contributed by atoms with Gasteiger partial charge in [-0.05, 0) is 43.3 Å². The van der Waals surface area contributed by atoms with Crippen LogP contribution in [0.1, 0.15) is 38.1 Å². The molecule has 3 rings (SSSR count). The molecule has 0 atom stereocenters. The zero-order chi connectivity index (χ0) is 20.8. The van der Waals surface area contributed by atoms with Crippen LogP contribution < -0.4 is 10.6 Å². The first-order chi connectivity index (χ1) is 14.0. The predicted octanol–water partition coefficient (Wildman–Crippen LogP) is 3.46. The number of ketones is 1. The van der Waals surface area contributed by atoms with Gasteiger partial charge in [0, 0.05) is 23.0 Å². The summed E-state index contributed by atoms with van der Waals surface area (Å²) in [6.07, 6.45) is 1.27. The highest BCUT2D eigenvalue weighted by Crippen LogP contribution is 2.17. The second kappa shape index (κ2) is 8.75. The third-order valence-electron chi connectivity index (χ3n) is 4.01. The number of carbonyl (C=O) groups excluding carboxylic acids is 3. The van der Waals surface area contributed by atoms with Crippen molar-refractivity contribution in [3.8, 4) is 0 Å². The molecule has 0 radical (unpaired) electrons. The van der Waals surface area contributed by atoms with Crippen LogP contribution in [-0.2, 0) is 4.74 Å². The van der Waals surface area contributed by atoms with E-state index in [1.54, 1.807) is 48.5 Å². The monoisotopic (exact) mass is 390 g/mol. The number of carbonyl (C=O) groups is 3. The second-order valence-electron chi connectivity index (χ2n) is 6.07. The van der Waals surface area contributed by atoms with Gasteiger partial charge in [0.15, 0.2) is 5.78 Å². The number of amides is 1. The minimum atomic E-state index is -0.433. The van der Waals surface area contributed by atoms with E-state index in [9.17, 15) is 14.4 Å². The van der Waals surface area contributed by atoms with Crippen molar-refractivity contribution in [2.75, 3.05) is 17.7 Å². The van der Waals surface area contributed by atoms with Gasteiger partial charge in [-0.15, -0.1) is 0 Å². The zero-order valence-electron chi connectivity index (χ0n) is 15.8. The fourth-order valence-electron chi connectivity index (χ4n) is 2.52. The summed E-state index contributed by atoms with van der Waals surface area (Å²) in [6, 6.07) is 14.8. The van der Waals surface area contributed by atoms with E-state index in [4.69, 9.17) is 0 Å². The van der Waals surface area contributed by atoms with Gasteiger partial charge in [-0.2, -0.15) is 0 Å². The Hall–Kier alpha value is -4.07. The van der Waals surface area contributed by atoms with Crippen LogP contribution in [0, 0.1) is 0 Å². The quantitative estimate of drug-likeness (QED) is 0.490. The van der Waals surface area contributed by atoms with Gasteiger partial charge in [0.1, 0.15) is 17.8 Å². The number of rotatable bonds is 6. The lowest BCUT2D eigenvalue weighted by atomic mass is 10.1. The lowest BCUT2D eigenvalue weighted by Crippen LogP contribution is -2.14. The molecule has 1 heterocycles. The fourth-order valence-corrected chi connectivity index (χ4v) is 2.52. The number of hydrogen-bond acceptors (Lipinski definition) is 7. The topological polar surface area (TPSA) is 110 Å². The molecule has 0 aliphatic heterocycles. The molecule has 0 saturated heterocycles. The normalized spacial score (nSPS) is 10.1. The maximum Gasteiger partial charge on any atom is 0.337 e. The number of anilines is 3. The van der Waals surface area contributed by atoms with Crippen molar-refractivity contribution in [2.45, 2.75) is 6.92 Å². The van der Waals surface area contributed by atoms with Crippen LogP contribution >= 0.6 is 0 Å². The Morgan fingerprint density at radius 1 is 0.897 bits per heavy atom. The molecule has 3 aromatic rings. The predicted molar refractivity (Wildman–Crippen MR) is 107 cm³/mol. The van der Waals surface area contributed by atoms with Crippen molar-refractivity contribution in [3.05, 3.63) is 77.7 Å². The Labute approximate surface area is 167 Å². The molecule has 2 N–H and O–H groups in total. The number of nitrogens with zero attached hydrogens (tertiary/aromatic N) is 2. The molecule has 0 unspecified atom stereocenters. The van der Waals surface area contributed by atoms with Crippen LogP contribution in [0.2, 0.25) is 0 Å². The molecule has 1 amide bonds. The lowest BCUT2D eigenvalue weighted by Gasteiger charge is -2.09. The number of aromatic nitrogens is 2. The average molecular weight is 390 g/mol. The summed E-state index contributed by atoms with van der Waals surface area (Å²) >= 11 is 0. The number of benzene rings is 2. The zero-order valence-corrected chi connectivity index (χ0v) is 15.8. The molecule has 0 saturated carbocycles. The molecule has 0 bridgehead atoms. The van der Waals surface area contributed by atoms with Crippen LogP contribution in [0.4, 0.5) is 17.2 Å². The number of Topliss-reactive ketones (excluding diaryl/α,β-unsaturated/α-hetero) is 1. The molecule has 0 aliphatic rings. The maximum absolute atomic E-state index is 12.5. The van der Waals surface area contributed by atoms with Gasteiger partial charge in [0.25, 0.3) is 5.91 Å². The molecular formula is C21H18N4O4. The molecule has 29 heavy (non-hydrogen) atoms. The van der Waals surface area contributed by atoms with E-state index < -0.39 is 11.9 Å². The molecule has 8 heteroatoms. The molecule has 1 aromatic heterocycles. The maximum atomic E-state index is 12.5. The van der Waals surface area contributed by atoms with E-state index in [0.717, 1.165) is 0 Å². The van der Waals surface area contributed by atoms with Gasteiger partial charge < -0.3 is 15.4 Å². The second-order valence-corrected chi connectivity index (χ2v) is 6.07. The Morgan fingerprint density at radius 2 is 1.66 bits per heavy atom. The van der Waals surface area contributed by atoms with Crippen molar-refractivity contribution in [1.29, 1.82) is 0 Å². The fraction of sp³-hybridized carbons (Fsp3) is 0.0952. The van der Waals surface area contributed by atoms with Gasteiger partial charge in [0.05, 0.1) is 12.7 Å². The minimum Gasteiger partial charge on any atom is -0.465 e. The van der Waals surface area contributed by atoms with Crippen LogP contribution in [0.25, 0.3) is 0 Å². The van der Waals surface area contributed by atoms with Crippen molar-refractivity contribution >= 4 is 34.9 Å². The Morgan fingerprint density at radius 3 is 2.34 bits per heavy atom.